The molecule has 1 amide bonds. The second kappa shape index (κ2) is 14.1. The first-order valence-corrected chi connectivity index (χ1v) is 15.5. The van der Waals surface area contributed by atoms with Gasteiger partial charge in [-0.15, -0.1) is 11.3 Å². The van der Waals surface area contributed by atoms with E-state index >= 15 is 0 Å². The van der Waals surface area contributed by atoms with Crippen LogP contribution in [-0.4, -0.2) is 48.6 Å². The summed E-state index contributed by atoms with van der Waals surface area (Å²) in [5.74, 6) is -3.27. The zero-order chi connectivity index (χ0) is 32.0. The van der Waals surface area contributed by atoms with Crippen LogP contribution in [0.1, 0.15) is 23.5 Å². The van der Waals surface area contributed by atoms with E-state index in [2.05, 4.69) is 9.71 Å². The number of thiazole rings is 1. The molecule has 0 saturated heterocycles. The highest BCUT2D eigenvalue weighted by Crippen LogP contribution is 2.36. The quantitative estimate of drug-likeness (QED) is 0.176. The van der Waals surface area contributed by atoms with Crippen LogP contribution in [0.2, 0.25) is 10.0 Å². The van der Waals surface area contributed by atoms with Crippen molar-refractivity contribution in [1.82, 2.24) is 9.88 Å². The van der Waals surface area contributed by atoms with Crippen molar-refractivity contribution < 1.29 is 45.8 Å². The number of hydrogen-bond acceptors (Lipinski definition) is 11. The van der Waals surface area contributed by atoms with Gasteiger partial charge in [-0.25, -0.2) is 27.4 Å². The number of ether oxygens (including phenoxy) is 2. The highest BCUT2D eigenvalue weighted by molar-refractivity contribution is 7.93. The number of amides is 1. The van der Waals surface area contributed by atoms with Gasteiger partial charge in [0.05, 0.1) is 5.02 Å². The minimum atomic E-state index is -4.34. The standard InChI is InChI=1S/C26H22Cl2FN3O10S2/c1-14-21(42-26(36)40-14)13-39-25(35)32(12-23(33)34)7-2-3-15-9-16(27)4-5-19(15)41-20-11-18(29)22(10-17(20)28)44(37,38)31-24-30-6-8-43-24/h4-6,8-11H,2-3,7,12-13H2,1H3,(H,30,31)(H,33,34). The lowest BCUT2D eigenvalue weighted by molar-refractivity contribution is -0.138. The Balaban J connectivity index is 1.45. The second-order valence-electron chi connectivity index (χ2n) is 8.92. The fourth-order valence-corrected chi connectivity index (χ4v) is 6.12. The number of nitrogens with zero attached hydrogens (tertiary/aromatic N) is 2. The minimum absolute atomic E-state index is 0.0177. The van der Waals surface area contributed by atoms with E-state index < -0.39 is 51.8 Å². The maximum atomic E-state index is 15.0. The largest absolute Gasteiger partial charge is 0.519 e. The van der Waals surface area contributed by atoms with Gasteiger partial charge in [0.2, 0.25) is 0 Å². The number of anilines is 1. The van der Waals surface area contributed by atoms with Gasteiger partial charge in [0.25, 0.3) is 10.0 Å². The number of nitrogens with one attached hydrogen (secondary N) is 1. The van der Waals surface area contributed by atoms with Crippen molar-refractivity contribution in [2.75, 3.05) is 17.8 Å². The second-order valence-corrected chi connectivity index (χ2v) is 12.3. The third kappa shape index (κ3) is 8.49. The zero-order valence-corrected chi connectivity index (χ0v) is 25.7. The maximum absolute atomic E-state index is 15.0. The Morgan fingerprint density at radius 2 is 1.95 bits per heavy atom. The summed E-state index contributed by atoms with van der Waals surface area (Å²) in [5, 5.41) is 11.0. The highest BCUT2D eigenvalue weighted by atomic mass is 35.5. The molecule has 13 nitrogen and oxygen atoms in total. The first kappa shape index (κ1) is 32.8. The Labute approximate surface area is 262 Å². The Kier molecular flexibility index (Phi) is 10.5. The van der Waals surface area contributed by atoms with Crippen LogP contribution in [0.3, 0.4) is 0 Å². The molecule has 4 aromatic rings. The van der Waals surface area contributed by atoms with Crippen LogP contribution in [0.4, 0.5) is 14.3 Å². The van der Waals surface area contributed by atoms with Crippen molar-refractivity contribution in [3.63, 3.8) is 0 Å². The fourth-order valence-electron chi connectivity index (χ4n) is 3.78. The molecule has 0 spiro atoms. The molecule has 18 heteroatoms. The number of halogens is 3. The van der Waals surface area contributed by atoms with Crippen LogP contribution in [0, 0.1) is 12.7 Å². The van der Waals surface area contributed by atoms with Crippen LogP contribution in [0.5, 0.6) is 11.5 Å². The van der Waals surface area contributed by atoms with Gasteiger partial charge in [0, 0.05) is 29.2 Å². The number of aliphatic carboxylic acids is 1. The van der Waals surface area contributed by atoms with E-state index in [1.54, 1.807) is 11.4 Å². The molecule has 0 unspecified atom stereocenters. The lowest BCUT2D eigenvalue weighted by Gasteiger charge is -2.20. The summed E-state index contributed by atoms with van der Waals surface area (Å²) in [5.41, 5.74) is 0.496. The number of sulfonamides is 1. The monoisotopic (exact) mass is 689 g/mol. The fraction of sp³-hybridized carbons (Fsp3) is 0.231. The van der Waals surface area contributed by atoms with Gasteiger partial charge in [0.1, 0.15) is 28.8 Å². The molecule has 2 heterocycles. The lowest BCUT2D eigenvalue weighted by Crippen LogP contribution is -2.37. The number of carboxylic acids is 1. The summed E-state index contributed by atoms with van der Waals surface area (Å²) in [6.07, 6.45) is 0.826. The summed E-state index contributed by atoms with van der Waals surface area (Å²) in [4.78, 5) is 39.2. The summed E-state index contributed by atoms with van der Waals surface area (Å²) in [6.45, 7) is 0.247. The van der Waals surface area contributed by atoms with E-state index in [-0.39, 0.29) is 52.6 Å². The Bertz CT molecular complexity index is 1830. The number of carbonyl (C=O) groups excluding carboxylic acids is 1. The molecule has 0 atom stereocenters. The molecular formula is C26H22Cl2FN3O10S2. The Morgan fingerprint density at radius 3 is 2.61 bits per heavy atom. The van der Waals surface area contributed by atoms with Crippen LogP contribution in [0.25, 0.3) is 0 Å². The molecule has 0 aliphatic carbocycles. The summed E-state index contributed by atoms with van der Waals surface area (Å²) < 4.78 is 62.8. The number of hydrogen-bond donors (Lipinski definition) is 2. The van der Waals surface area contributed by atoms with Gasteiger partial charge in [-0.2, -0.15) is 0 Å². The van der Waals surface area contributed by atoms with Crippen LogP contribution < -0.4 is 15.3 Å². The number of aryl methyl sites for hydroxylation is 2. The smallest absolute Gasteiger partial charge is 0.480 e. The van der Waals surface area contributed by atoms with Crippen molar-refractivity contribution in [3.8, 4) is 11.5 Å². The van der Waals surface area contributed by atoms with Crippen molar-refractivity contribution in [2.24, 2.45) is 0 Å². The number of rotatable bonds is 13. The maximum Gasteiger partial charge on any atom is 0.519 e. The third-order valence-electron chi connectivity index (χ3n) is 5.79. The van der Waals surface area contributed by atoms with E-state index in [0.29, 0.717) is 10.6 Å². The normalized spacial score (nSPS) is 11.3. The van der Waals surface area contributed by atoms with Crippen LogP contribution in [0.15, 0.2) is 60.4 Å². The number of aromatic nitrogens is 1. The van der Waals surface area contributed by atoms with E-state index in [9.17, 15) is 32.3 Å². The third-order valence-corrected chi connectivity index (χ3v) is 8.50. The molecule has 2 aromatic heterocycles. The molecule has 44 heavy (non-hydrogen) atoms. The summed E-state index contributed by atoms with van der Waals surface area (Å²) in [6, 6.07) is 6.28. The van der Waals surface area contributed by atoms with Crippen LogP contribution >= 0.6 is 34.5 Å². The van der Waals surface area contributed by atoms with Crippen LogP contribution in [-0.2, 0) is 32.6 Å². The van der Waals surface area contributed by atoms with Crippen molar-refractivity contribution in [1.29, 1.82) is 0 Å². The number of carbonyl (C=O) groups is 2. The van der Waals surface area contributed by atoms with Gasteiger partial charge in [-0.1, -0.05) is 23.2 Å². The average Bonchev–Trinajstić information content (AvgIpc) is 3.57. The zero-order valence-electron chi connectivity index (χ0n) is 22.5. The molecule has 0 bridgehead atoms. The van der Waals surface area contributed by atoms with Gasteiger partial charge in [-0.3, -0.25) is 14.4 Å². The van der Waals surface area contributed by atoms with Gasteiger partial charge >= 0.3 is 17.9 Å². The lowest BCUT2D eigenvalue weighted by atomic mass is 10.1. The molecule has 0 aliphatic heterocycles. The van der Waals surface area contributed by atoms with Crippen molar-refractivity contribution in [2.45, 2.75) is 31.3 Å². The van der Waals surface area contributed by atoms with Gasteiger partial charge in [0.15, 0.2) is 23.3 Å². The molecule has 2 aromatic carbocycles. The molecular weight excluding hydrogens is 668 g/mol. The number of carboxylic acid groups (broad SMARTS) is 1. The van der Waals surface area contributed by atoms with Crippen molar-refractivity contribution >= 4 is 61.8 Å². The first-order chi connectivity index (χ1) is 20.8. The topological polar surface area (TPSA) is 178 Å². The summed E-state index contributed by atoms with van der Waals surface area (Å²) in [7, 11) is -4.34. The highest BCUT2D eigenvalue weighted by Gasteiger charge is 2.24. The average molecular weight is 691 g/mol. The molecule has 0 saturated carbocycles. The Hall–Kier alpha value is -4.12. The molecule has 2 N–H and O–H groups in total. The predicted molar refractivity (Wildman–Crippen MR) is 156 cm³/mol. The summed E-state index contributed by atoms with van der Waals surface area (Å²) >= 11 is 13.4. The molecule has 0 radical (unpaired) electrons. The molecule has 0 aliphatic rings. The number of benzene rings is 2. The van der Waals surface area contributed by atoms with Crippen molar-refractivity contribution in [3.05, 3.63) is 85.5 Å². The minimum Gasteiger partial charge on any atom is -0.480 e. The van der Waals surface area contributed by atoms with E-state index in [1.807, 2.05) is 0 Å². The van der Waals surface area contributed by atoms with Gasteiger partial charge in [-0.05, 0) is 49.6 Å². The van der Waals surface area contributed by atoms with E-state index in [0.717, 1.165) is 28.4 Å². The van der Waals surface area contributed by atoms with Gasteiger partial charge < -0.3 is 23.4 Å². The Morgan fingerprint density at radius 1 is 1.18 bits per heavy atom. The SMILES string of the molecule is Cc1oc(=O)oc1COC(=O)N(CCCc1cc(Cl)ccc1Oc1cc(F)c(S(=O)(=O)Nc2nccs2)cc1Cl)CC(=O)O. The predicted octanol–water partition coefficient (Wildman–Crippen LogP) is 5.69. The van der Waals surface area contributed by atoms with E-state index in [4.69, 9.17) is 41.5 Å². The molecule has 4 rings (SSSR count). The van der Waals surface area contributed by atoms with E-state index in [1.165, 1.54) is 25.3 Å². The molecule has 0 fully saturated rings. The first-order valence-electron chi connectivity index (χ1n) is 12.4. The molecule has 234 valence electrons.